The standard InChI is InChI=1S/C13H14Cl2FN3O/c1-7(13(20)18(2)3)19-11-4-8(15)9(16)5-10(11)17-12(19)6-14/h4-5,7H,6H2,1-3H3. The molecular weight excluding hydrogens is 304 g/mol. The molecule has 1 atom stereocenters. The third-order valence-electron chi connectivity index (χ3n) is 3.11. The van der Waals surface area contributed by atoms with Gasteiger partial charge >= 0.3 is 0 Å². The molecule has 0 bridgehead atoms. The number of benzene rings is 1. The Balaban J connectivity index is 2.67. The van der Waals surface area contributed by atoms with E-state index < -0.39 is 11.9 Å². The van der Waals surface area contributed by atoms with Crippen molar-refractivity contribution >= 4 is 40.1 Å². The third kappa shape index (κ3) is 2.47. The summed E-state index contributed by atoms with van der Waals surface area (Å²) in [5.41, 5.74) is 1.02. The van der Waals surface area contributed by atoms with E-state index in [2.05, 4.69) is 4.98 Å². The first kappa shape index (κ1) is 15.1. The molecular formula is C13H14Cl2FN3O. The normalized spacial score (nSPS) is 12.7. The van der Waals surface area contributed by atoms with Crippen molar-refractivity contribution in [2.24, 2.45) is 0 Å². The zero-order chi connectivity index (χ0) is 15.0. The average molecular weight is 318 g/mol. The number of alkyl halides is 1. The lowest BCUT2D eigenvalue weighted by Crippen LogP contribution is -2.30. The predicted octanol–water partition coefficient (Wildman–Crippen LogP) is 3.22. The Hall–Kier alpha value is -1.33. The maximum absolute atomic E-state index is 13.5. The summed E-state index contributed by atoms with van der Waals surface area (Å²) in [5.74, 6) is -0.0161. The van der Waals surface area contributed by atoms with Gasteiger partial charge in [-0.15, -0.1) is 11.6 Å². The minimum absolute atomic E-state index is 0.00993. The molecule has 4 nitrogen and oxygen atoms in total. The summed E-state index contributed by atoms with van der Waals surface area (Å²) in [7, 11) is 3.34. The predicted molar refractivity (Wildman–Crippen MR) is 77.7 cm³/mol. The Bertz CT molecular complexity index is 669. The second-order valence-electron chi connectivity index (χ2n) is 4.70. The fourth-order valence-corrected chi connectivity index (χ4v) is 2.50. The summed E-state index contributed by atoms with van der Waals surface area (Å²) in [4.78, 5) is 17.9. The molecule has 0 spiro atoms. The number of hydrogen-bond acceptors (Lipinski definition) is 2. The number of halogens is 3. The van der Waals surface area contributed by atoms with Gasteiger partial charge in [0.2, 0.25) is 5.91 Å². The first-order valence-corrected chi connectivity index (χ1v) is 6.91. The topological polar surface area (TPSA) is 38.1 Å². The van der Waals surface area contributed by atoms with Crippen molar-refractivity contribution < 1.29 is 9.18 Å². The second kappa shape index (κ2) is 5.58. The molecule has 108 valence electrons. The van der Waals surface area contributed by atoms with Gasteiger partial charge in [0.1, 0.15) is 17.7 Å². The smallest absolute Gasteiger partial charge is 0.244 e. The monoisotopic (exact) mass is 317 g/mol. The van der Waals surface area contributed by atoms with Crippen molar-refractivity contribution in [3.63, 3.8) is 0 Å². The fourth-order valence-electron chi connectivity index (χ4n) is 2.15. The first-order valence-electron chi connectivity index (χ1n) is 5.99. The number of rotatable bonds is 3. The fraction of sp³-hybridized carbons (Fsp3) is 0.385. The van der Waals surface area contributed by atoms with Crippen LogP contribution in [0.3, 0.4) is 0 Å². The molecule has 1 aromatic heterocycles. The number of fused-ring (bicyclic) bond motifs is 1. The lowest BCUT2D eigenvalue weighted by atomic mass is 10.2. The number of hydrogen-bond donors (Lipinski definition) is 0. The van der Waals surface area contributed by atoms with E-state index in [0.29, 0.717) is 16.9 Å². The Morgan fingerprint density at radius 2 is 2.15 bits per heavy atom. The highest BCUT2D eigenvalue weighted by atomic mass is 35.5. The number of carbonyl (C=O) groups is 1. The van der Waals surface area contributed by atoms with Gasteiger partial charge in [-0.2, -0.15) is 0 Å². The number of imidazole rings is 1. The lowest BCUT2D eigenvalue weighted by molar-refractivity contribution is -0.131. The van der Waals surface area contributed by atoms with Gasteiger partial charge < -0.3 is 9.47 Å². The summed E-state index contributed by atoms with van der Waals surface area (Å²) < 4.78 is 15.2. The molecule has 2 rings (SSSR count). The quantitative estimate of drug-likeness (QED) is 0.815. The summed E-state index contributed by atoms with van der Waals surface area (Å²) in [6.45, 7) is 1.75. The van der Waals surface area contributed by atoms with Crippen molar-refractivity contribution in [2.45, 2.75) is 18.8 Å². The van der Waals surface area contributed by atoms with E-state index in [1.165, 1.54) is 17.0 Å². The van der Waals surface area contributed by atoms with E-state index in [9.17, 15) is 9.18 Å². The van der Waals surface area contributed by atoms with E-state index in [4.69, 9.17) is 23.2 Å². The molecule has 7 heteroatoms. The molecule has 2 aromatic rings. The van der Waals surface area contributed by atoms with Crippen LogP contribution < -0.4 is 0 Å². The molecule has 0 N–H and O–H groups in total. The van der Waals surface area contributed by atoms with E-state index in [-0.39, 0.29) is 16.8 Å². The number of aromatic nitrogens is 2. The van der Waals surface area contributed by atoms with Crippen LogP contribution in [0.15, 0.2) is 12.1 Å². The summed E-state index contributed by atoms with van der Waals surface area (Å²) in [6, 6.07) is 2.22. The van der Waals surface area contributed by atoms with Gasteiger partial charge in [0.25, 0.3) is 0 Å². The highest BCUT2D eigenvalue weighted by molar-refractivity contribution is 6.31. The third-order valence-corrected chi connectivity index (χ3v) is 3.64. The van der Waals surface area contributed by atoms with Crippen LogP contribution in [-0.4, -0.2) is 34.5 Å². The molecule has 1 aromatic carbocycles. The van der Waals surface area contributed by atoms with Gasteiger partial charge in [0, 0.05) is 20.2 Å². The Morgan fingerprint density at radius 3 is 2.70 bits per heavy atom. The van der Waals surface area contributed by atoms with Gasteiger partial charge in [-0.3, -0.25) is 4.79 Å². The van der Waals surface area contributed by atoms with Gasteiger partial charge in [-0.05, 0) is 13.0 Å². The minimum atomic E-state index is -0.545. The largest absolute Gasteiger partial charge is 0.347 e. The molecule has 0 radical (unpaired) electrons. The molecule has 0 saturated carbocycles. The summed E-state index contributed by atoms with van der Waals surface area (Å²) in [6.07, 6.45) is 0. The van der Waals surface area contributed by atoms with Crippen LogP contribution in [0.4, 0.5) is 4.39 Å². The molecule has 20 heavy (non-hydrogen) atoms. The van der Waals surface area contributed by atoms with Crippen molar-refractivity contribution in [1.29, 1.82) is 0 Å². The molecule has 1 amide bonds. The molecule has 0 aliphatic rings. The Labute approximate surface area is 126 Å². The Morgan fingerprint density at radius 1 is 1.50 bits per heavy atom. The van der Waals surface area contributed by atoms with Crippen LogP contribution in [0.5, 0.6) is 0 Å². The van der Waals surface area contributed by atoms with Crippen LogP contribution in [0.1, 0.15) is 18.8 Å². The van der Waals surface area contributed by atoms with E-state index in [0.717, 1.165) is 0 Å². The van der Waals surface area contributed by atoms with Gasteiger partial charge in [0.15, 0.2) is 0 Å². The Kier molecular flexibility index (Phi) is 4.20. The van der Waals surface area contributed by atoms with Crippen LogP contribution in [-0.2, 0) is 10.7 Å². The number of likely N-dealkylation sites (N-methyl/N-ethyl adjacent to an activating group) is 1. The van der Waals surface area contributed by atoms with Crippen LogP contribution in [0, 0.1) is 5.82 Å². The van der Waals surface area contributed by atoms with Crippen LogP contribution >= 0.6 is 23.2 Å². The minimum Gasteiger partial charge on any atom is -0.347 e. The second-order valence-corrected chi connectivity index (χ2v) is 5.37. The molecule has 0 saturated heterocycles. The zero-order valence-electron chi connectivity index (χ0n) is 11.3. The average Bonchev–Trinajstić information content (AvgIpc) is 2.75. The van der Waals surface area contributed by atoms with Crippen LogP contribution in [0.2, 0.25) is 5.02 Å². The van der Waals surface area contributed by atoms with Crippen molar-refractivity contribution in [3.05, 3.63) is 28.8 Å². The molecule has 1 unspecified atom stereocenters. The maximum Gasteiger partial charge on any atom is 0.244 e. The van der Waals surface area contributed by atoms with E-state index in [1.807, 2.05) is 0 Å². The zero-order valence-corrected chi connectivity index (χ0v) is 12.8. The van der Waals surface area contributed by atoms with Gasteiger partial charge in [-0.1, -0.05) is 11.6 Å². The first-order chi connectivity index (χ1) is 9.36. The SMILES string of the molecule is CC(C(=O)N(C)C)n1c(CCl)nc2cc(F)c(Cl)cc21. The lowest BCUT2D eigenvalue weighted by Gasteiger charge is -2.20. The van der Waals surface area contributed by atoms with Gasteiger partial charge in [0.05, 0.1) is 21.9 Å². The highest BCUT2D eigenvalue weighted by Gasteiger charge is 2.23. The van der Waals surface area contributed by atoms with Crippen molar-refractivity contribution in [1.82, 2.24) is 14.5 Å². The van der Waals surface area contributed by atoms with Crippen molar-refractivity contribution in [3.8, 4) is 0 Å². The van der Waals surface area contributed by atoms with Gasteiger partial charge in [-0.25, -0.2) is 9.37 Å². The molecule has 0 aliphatic carbocycles. The summed E-state index contributed by atoms with van der Waals surface area (Å²) in [5, 5.41) is -0.00993. The highest BCUT2D eigenvalue weighted by Crippen LogP contribution is 2.27. The summed E-state index contributed by atoms with van der Waals surface area (Å²) >= 11 is 11.7. The molecule has 1 heterocycles. The number of carbonyl (C=O) groups excluding carboxylic acids is 1. The van der Waals surface area contributed by atoms with E-state index >= 15 is 0 Å². The van der Waals surface area contributed by atoms with E-state index in [1.54, 1.807) is 25.6 Å². The maximum atomic E-state index is 13.5. The molecule has 0 aliphatic heterocycles. The number of amides is 1. The number of nitrogens with zero attached hydrogens (tertiary/aromatic N) is 3. The van der Waals surface area contributed by atoms with Crippen LogP contribution in [0.25, 0.3) is 11.0 Å². The molecule has 0 fully saturated rings. The van der Waals surface area contributed by atoms with Crippen molar-refractivity contribution in [2.75, 3.05) is 14.1 Å².